The Morgan fingerprint density at radius 3 is 2.84 bits per heavy atom. The molecule has 0 aromatic heterocycles. The molecule has 1 unspecified atom stereocenters. The Kier molecular flexibility index (Phi) is 4.66. The van der Waals surface area contributed by atoms with E-state index in [0.29, 0.717) is 19.1 Å². The summed E-state index contributed by atoms with van der Waals surface area (Å²) < 4.78 is 4.86. The summed E-state index contributed by atoms with van der Waals surface area (Å²) >= 11 is 0. The lowest BCUT2D eigenvalue weighted by Gasteiger charge is -2.19. The van der Waals surface area contributed by atoms with Gasteiger partial charge in [-0.1, -0.05) is 17.7 Å². The van der Waals surface area contributed by atoms with Crippen LogP contribution in [0.3, 0.4) is 0 Å². The second-order valence-electron chi connectivity index (χ2n) is 5.04. The van der Waals surface area contributed by atoms with Crippen LogP contribution in [-0.4, -0.2) is 32.3 Å². The summed E-state index contributed by atoms with van der Waals surface area (Å²) in [5, 5.41) is 2.82. The number of alkyl carbamates (subject to hydrolysis) is 1. The Labute approximate surface area is 114 Å². The van der Waals surface area contributed by atoms with Crippen molar-refractivity contribution in [1.29, 1.82) is 0 Å². The van der Waals surface area contributed by atoms with Crippen molar-refractivity contribution in [3.63, 3.8) is 0 Å². The lowest BCUT2D eigenvalue weighted by molar-refractivity contribution is 0.151. The van der Waals surface area contributed by atoms with Gasteiger partial charge < -0.3 is 15.0 Å². The molecule has 0 spiro atoms. The third kappa shape index (κ3) is 3.88. The minimum Gasteiger partial charge on any atom is -0.450 e. The van der Waals surface area contributed by atoms with Gasteiger partial charge in [-0.15, -0.1) is 0 Å². The van der Waals surface area contributed by atoms with E-state index in [1.54, 1.807) is 0 Å². The highest BCUT2D eigenvalue weighted by molar-refractivity contribution is 5.67. The molecule has 0 aliphatic carbocycles. The van der Waals surface area contributed by atoms with E-state index in [-0.39, 0.29) is 6.09 Å². The average molecular weight is 262 g/mol. The molecule has 1 aliphatic heterocycles. The topological polar surface area (TPSA) is 41.6 Å². The molecule has 1 fully saturated rings. The number of rotatable bonds is 4. The largest absolute Gasteiger partial charge is 0.450 e. The Hall–Kier alpha value is -1.71. The summed E-state index contributed by atoms with van der Waals surface area (Å²) in [5.41, 5.74) is 2.55. The molecule has 1 amide bonds. The molecule has 0 radical (unpaired) electrons. The Balaban J connectivity index is 1.80. The lowest BCUT2D eigenvalue weighted by atomic mass is 10.1. The molecular weight excluding hydrogens is 240 g/mol. The quantitative estimate of drug-likeness (QED) is 0.906. The molecule has 4 nitrogen and oxygen atoms in total. The summed E-state index contributed by atoms with van der Waals surface area (Å²) in [7, 11) is 0. The summed E-state index contributed by atoms with van der Waals surface area (Å²) in [6, 6.07) is 8.60. The number of nitrogens with one attached hydrogen (secondary N) is 1. The summed E-state index contributed by atoms with van der Waals surface area (Å²) in [6.07, 6.45) is 0.802. The van der Waals surface area contributed by atoms with Gasteiger partial charge in [0.15, 0.2) is 0 Å². The van der Waals surface area contributed by atoms with Crippen molar-refractivity contribution in [2.75, 3.05) is 31.1 Å². The number of ether oxygens (including phenoxy) is 1. The van der Waals surface area contributed by atoms with Crippen molar-refractivity contribution >= 4 is 11.8 Å². The third-order valence-corrected chi connectivity index (χ3v) is 3.50. The molecule has 1 N–H and O–H groups in total. The molecular formula is C15H22N2O2. The molecule has 1 aliphatic rings. The third-order valence-electron chi connectivity index (χ3n) is 3.50. The average Bonchev–Trinajstić information content (AvgIpc) is 2.86. The summed E-state index contributed by atoms with van der Waals surface area (Å²) in [4.78, 5) is 13.6. The predicted octanol–water partition coefficient (Wildman–Crippen LogP) is 2.57. The molecule has 2 rings (SSSR count). The van der Waals surface area contributed by atoms with E-state index in [0.717, 1.165) is 19.5 Å². The van der Waals surface area contributed by atoms with E-state index in [1.165, 1.54) is 11.3 Å². The number of anilines is 1. The van der Waals surface area contributed by atoms with Gasteiger partial charge in [0, 0.05) is 25.3 Å². The maximum atomic E-state index is 11.2. The van der Waals surface area contributed by atoms with E-state index in [2.05, 4.69) is 41.4 Å². The van der Waals surface area contributed by atoms with Crippen LogP contribution in [0.15, 0.2) is 24.3 Å². The SMILES string of the molecule is CCOC(=O)NCC1CCN(c2ccc(C)cc2)C1. The first kappa shape index (κ1) is 13.7. The molecule has 1 saturated heterocycles. The van der Waals surface area contributed by atoms with Crippen LogP contribution in [0.5, 0.6) is 0 Å². The van der Waals surface area contributed by atoms with Crippen LogP contribution in [0.25, 0.3) is 0 Å². The first-order valence-electron chi connectivity index (χ1n) is 6.91. The normalized spacial score (nSPS) is 18.4. The van der Waals surface area contributed by atoms with Crippen molar-refractivity contribution < 1.29 is 9.53 Å². The Bertz CT molecular complexity index is 417. The molecule has 1 aromatic carbocycles. The molecule has 1 atom stereocenters. The van der Waals surface area contributed by atoms with Crippen LogP contribution in [0, 0.1) is 12.8 Å². The van der Waals surface area contributed by atoms with Gasteiger partial charge in [-0.25, -0.2) is 4.79 Å². The van der Waals surface area contributed by atoms with Gasteiger partial charge in [0.05, 0.1) is 6.61 Å². The standard InChI is InChI=1S/C15H22N2O2/c1-3-19-15(18)16-10-13-8-9-17(11-13)14-6-4-12(2)5-7-14/h4-7,13H,3,8-11H2,1-2H3,(H,16,18). The van der Waals surface area contributed by atoms with Crippen molar-refractivity contribution in [3.05, 3.63) is 29.8 Å². The highest BCUT2D eigenvalue weighted by Crippen LogP contribution is 2.23. The van der Waals surface area contributed by atoms with Crippen molar-refractivity contribution in [2.45, 2.75) is 20.3 Å². The first-order valence-corrected chi connectivity index (χ1v) is 6.91. The van der Waals surface area contributed by atoms with Crippen molar-refractivity contribution in [3.8, 4) is 0 Å². The van der Waals surface area contributed by atoms with E-state index >= 15 is 0 Å². The predicted molar refractivity (Wildman–Crippen MR) is 76.5 cm³/mol. The smallest absolute Gasteiger partial charge is 0.407 e. The fraction of sp³-hybridized carbons (Fsp3) is 0.533. The van der Waals surface area contributed by atoms with Gasteiger partial charge in [-0.3, -0.25) is 0 Å². The fourth-order valence-corrected chi connectivity index (χ4v) is 2.40. The number of nitrogens with zero attached hydrogens (tertiary/aromatic N) is 1. The van der Waals surface area contributed by atoms with E-state index in [1.807, 2.05) is 6.92 Å². The lowest BCUT2D eigenvalue weighted by Crippen LogP contribution is -2.31. The Morgan fingerprint density at radius 2 is 2.16 bits per heavy atom. The van der Waals surface area contributed by atoms with E-state index in [4.69, 9.17) is 4.74 Å². The molecule has 1 heterocycles. The summed E-state index contributed by atoms with van der Waals surface area (Å²) in [6.45, 7) is 7.08. The highest BCUT2D eigenvalue weighted by Gasteiger charge is 2.23. The van der Waals surface area contributed by atoms with Crippen LogP contribution >= 0.6 is 0 Å². The van der Waals surface area contributed by atoms with Gasteiger partial charge in [-0.05, 0) is 38.3 Å². The fourth-order valence-electron chi connectivity index (χ4n) is 2.40. The van der Waals surface area contributed by atoms with Gasteiger partial charge in [0.2, 0.25) is 0 Å². The van der Waals surface area contributed by atoms with Crippen LogP contribution in [-0.2, 0) is 4.74 Å². The second-order valence-corrected chi connectivity index (χ2v) is 5.04. The van der Waals surface area contributed by atoms with E-state index in [9.17, 15) is 4.79 Å². The van der Waals surface area contributed by atoms with Crippen LogP contribution in [0.2, 0.25) is 0 Å². The zero-order chi connectivity index (χ0) is 13.7. The second kappa shape index (κ2) is 6.45. The van der Waals surface area contributed by atoms with Crippen molar-refractivity contribution in [1.82, 2.24) is 5.32 Å². The Morgan fingerprint density at radius 1 is 1.42 bits per heavy atom. The molecule has 4 heteroatoms. The van der Waals surface area contributed by atoms with Gasteiger partial charge >= 0.3 is 6.09 Å². The number of carbonyl (C=O) groups is 1. The number of aryl methyl sites for hydroxylation is 1. The maximum Gasteiger partial charge on any atom is 0.407 e. The van der Waals surface area contributed by atoms with Gasteiger partial charge in [0.1, 0.15) is 0 Å². The number of hydrogen-bond acceptors (Lipinski definition) is 3. The minimum atomic E-state index is -0.309. The zero-order valence-corrected chi connectivity index (χ0v) is 11.7. The number of benzene rings is 1. The van der Waals surface area contributed by atoms with Crippen molar-refractivity contribution in [2.24, 2.45) is 5.92 Å². The zero-order valence-electron chi connectivity index (χ0n) is 11.7. The minimum absolute atomic E-state index is 0.309. The van der Waals surface area contributed by atoms with Crippen LogP contribution in [0.4, 0.5) is 10.5 Å². The number of carbonyl (C=O) groups excluding carboxylic acids is 1. The molecule has 1 aromatic rings. The summed E-state index contributed by atoms with van der Waals surface area (Å²) in [5.74, 6) is 0.505. The van der Waals surface area contributed by atoms with Gasteiger partial charge in [0.25, 0.3) is 0 Å². The highest BCUT2D eigenvalue weighted by atomic mass is 16.5. The molecule has 0 saturated carbocycles. The number of amides is 1. The molecule has 0 bridgehead atoms. The van der Waals surface area contributed by atoms with Crippen LogP contribution < -0.4 is 10.2 Å². The molecule has 19 heavy (non-hydrogen) atoms. The van der Waals surface area contributed by atoms with Gasteiger partial charge in [-0.2, -0.15) is 0 Å². The maximum absolute atomic E-state index is 11.2. The van der Waals surface area contributed by atoms with E-state index < -0.39 is 0 Å². The molecule has 104 valence electrons. The number of hydrogen-bond donors (Lipinski definition) is 1. The van der Waals surface area contributed by atoms with Crippen LogP contribution in [0.1, 0.15) is 18.9 Å². The monoisotopic (exact) mass is 262 g/mol. The first-order chi connectivity index (χ1) is 9.19.